The molecule has 42 heavy (non-hydrogen) atoms. The lowest BCUT2D eigenvalue weighted by Gasteiger charge is -2.34. The Balaban J connectivity index is 1.23. The third kappa shape index (κ3) is 4.83. The van der Waals surface area contributed by atoms with Gasteiger partial charge in [-0.2, -0.15) is 9.97 Å². The first-order chi connectivity index (χ1) is 20.5. The average Bonchev–Trinajstić information content (AvgIpc) is 3.59. The molecule has 0 spiro atoms. The minimum absolute atomic E-state index is 0.0512. The van der Waals surface area contributed by atoms with E-state index in [4.69, 9.17) is 21.3 Å². The van der Waals surface area contributed by atoms with E-state index in [1.807, 2.05) is 24.3 Å². The van der Waals surface area contributed by atoms with Crippen molar-refractivity contribution in [1.29, 1.82) is 0 Å². The number of hydrogen-bond donors (Lipinski definition) is 2. The van der Waals surface area contributed by atoms with Crippen molar-refractivity contribution < 1.29 is 14.2 Å². The standard InChI is InChI=1S/C33H35ClFN5O2/c34-28-14-27-31(30(35)29(28)26-13-24(41)12-20-4-1-2-6-25(20)26)37-33(38-32(27)40-16-21-9-10-22(17-40)36-21)42-18-23-5-3-11-39(23)15-19-7-8-19/h1-2,4,6,12-14,19,21-23,36,41H,3,5,7-11,15-18H2/t21?,22?,23-/m0/s1. The lowest BCUT2D eigenvalue weighted by molar-refractivity contribution is 0.160. The molecular weight excluding hydrogens is 553 g/mol. The summed E-state index contributed by atoms with van der Waals surface area (Å²) in [5.74, 6) is 1.01. The van der Waals surface area contributed by atoms with Crippen molar-refractivity contribution in [2.45, 2.75) is 56.7 Å². The van der Waals surface area contributed by atoms with Crippen LogP contribution in [0.2, 0.25) is 5.02 Å². The lowest BCUT2D eigenvalue weighted by atomic mass is 9.96. The van der Waals surface area contributed by atoms with Crippen LogP contribution in [0.25, 0.3) is 32.8 Å². The topological polar surface area (TPSA) is 73.8 Å². The number of likely N-dealkylation sites (tertiary alicyclic amines) is 1. The maximum absolute atomic E-state index is 16.8. The second-order valence-electron chi connectivity index (χ2n) is 12.6. The minimum atomic E-state index is -0.531. The highest BCUT2D eigenvalue weighted by Crippen LogP contribution is 2.43. The number of fused-ring (bicyclic) bond motifs is 4. The molecular formula is C33H35ClFN5O2. The first-order valence-electron chi connectivity index (χ1n) is 15.3. The van der Waals surface area contributed by atoms with Gasteiger partial charge in [-0.05, 0) is 85.5 Å². The number of ether oxygens (including phenoxy) is 1. The lowest BCUT2D eigenvalue weighted by Crippen LogP contribution is -2.51. The van der Waals surface area contributed by atoms with Gasteiger partial charge >= 0.3 is 6.01 Å². The third-order valence-electron chi connectivity index (χ3n) is 9.57. The van der Waals surface area contributed by atoms with Crippen LogP contribution in [0.1, 0.15) is 38.5 Å². The first-order valence-corrected chi connectivity index (χ1v) is 15.7. The highest BCUT2D eigenvalue weighted by Gasteiger charge is 2.35. The number of phenolic OH excluding ortho intramolecular Hbond substituents is 1. The summed E-state index contributed by atoms with van der Waals surface area (Å²) < 4.78 is 23.1. The molecule has 0 amide bonds. The second-order valence-corrected chi connectivity index (χ2v) is 13.0. The number of nitrogens with zero attached hydrogens (tertiary/aromatic N) is 4. The molecule has 0 radical (unpaired) electrons. The number of piperazine rings is 1. The molecule has 3 aromatic carbocycles. The normalized spacial score (nSPS) is 24.2. The van der Waals surface area contributed by atoms with Crippen LogP contribution in [-0.4, -0.2) is 70.9 Å². The Hall–Kier alpha value is -3.20. The van der Waals surface area contributed by atoms with Crippen LogP contribution in [0.5, 0.6) is 11.8 Å². The van der Waals surface area contributed by atoms with E-state index >= 15 is 4.39 Å². The van der Waals surface area contributed by atoms with Crippen LogP contribution in [0, 0.1) is 11.7 Å². The fourth-order valence-electron chi connectivity index (χ4n) is 7.31. The van der Waals surface area contributed by atoms with Gasteiger partial charge in [-0.3, -0.25) is 4.90 Å². The van der Waals surface area contributed by atoms with Crippen LogP contribution in [0.4, 0.5) is 10.2 Å². The van der Waals surface area contributed by atoms with Gasteiger partial charge in [-0.25, -0.2) is 4.39 Å². The zero-order valence-corrected chi connectivity index (χ0v) is 24.3. The second kappa shape index (κ2) is 10.5. The number of nitrogens with one attached hydrogen (secondary N) is 1. The van der Waals surface area contributed by atoms with Crippen molar-refractivity contribution in [2.75, 3.05) is 37.7 Å². The minimum Gasteiger partial charge on any atom is -0.508 e. The Labute approximate surface area is 249 Å². The molecule has 9 heteroatoms. The number of aromatic nitrogens is 2. The van der Waals surface area contributed by atoms with Gasteiger partial charge < -0.3 is 20.1 Å². The Morgan fingerprint density at radius 1 is 1.00 bits per heavy atom. The van der Waals surface area contributed by atoms with Crippen LogP contribution in [0.3, 0.4) is 0 Å². The van der Waals surface area contributed by atoms with Gasteiger partial charge in [0.05, 0.1) is 5.02 Å². The molecule has 2 N–H and O–H groups in total. The Kier molecular flexibility index (Phi) is 6.61. The number of hydrogen-bond acceptors (Lipinski definition) is 7. The zero-order chi connectivity index (χ0) is 28.4. The summed E-state index contributed by atoms with van der Waals surface area (Å²) in [6.45, 7) is 4.31. The molecule has 3 saturated heterocycles. The molecule has 1 aliphatic carbocycles. The fraction of sp³-hybridized carbons (Fsp3) is 0.455. The Bertz CT molecular complexity index is 1670. The monoisotopic (exact) mass is 587 g/mol. The molecule has 4 fully saturated rings. The quantitative estimate of drug-likeness (QED) is 0.269. The van der Waals surface area contributed by atoms with E-state index in [0.717, 1.165) is 62.1 Å². The molecule has 7 nitrogen and oxygen atoms in total. The van der Waals surface area contributed by atoms with Crippen LogP contribution < -0.4 is 15.0 Å². The largest absolute Gasteiger partial charge is 0.508 e. The number of benzene rings is 3. The number of rotatable bonds is 7. The molecule has 1 aromatic heterocycles. The molecule has 3 aliphatic heterocycles. The van der Waals surface area contributed by atoms with E-state index in [9.17, 15) is 5.11 Å². The Morgan fingerprint density at radius 3 is 2.62 bits per heavy atom. The van der Waals surface area contributed by atoms with E-state index in [1.54, 1.807) is 18.2 Å². The van der Waals surface area contributed by atoms with E-state index in [2.05, 4.69) is 20.1 Å². The predicted molar refractivity (Wildman–Crippen MR) is 164 cm³/mol. The molecule has 1 saturated carbocycles. The summed E-state index contributed by atoms with van der Waals surface area (Å²) in [6, 6.07) is 13.9. The average molecular weight is 588 g/mol. The van der Waals surface area contributed by atoms with Gasteiger partial charge in [0.15, 0.2) is 5.82 Å². The highest BCUT2D eigenvalue weighted by atomic mass is 35.5. The van der Waals surface area contributed by atoms with Gasteiger partial charge in [0.25, 0.3) is 0 Å². The maximum atomic E-state index is 16.8. The van der Waals surface area contributed by atoms with Crippen molar-refractivity contribution in [3.63, 3.8) is 0 Å². The van der Waals surface area contributed by atoms with Crippen LogP contribution in [0.15, 0.2) is 42.5 Å². The number of aromatic hydroxyl groups is 1. The molecule has 4 heterocycles. The number of phenols is 1. The van der Waals surface area contributed by atoms with Crippen LogP contribution in [-0.2, 0) is 0 Å². The smallest absolute Gasteiger partial charge is 0.319 e. The van der Waals surface area contributed by atoms with E-state index in [0.29, 0.717) is 41.5 Å². The molecule has 2 unspecified atom stereocenters. The predicted octanol–water partition coefficient (Wildman–Crippen LogP) is 6.14. The molecule has 218 valence electrons. The van der Waals surface area contributed by atoms with Gasteiger partial charge in [0.2, 0.25) is 0 Å². The van der Waals surface area contributed by atoms with Crippen molar-refractivity contribution in [3.8, 4) is 22.9 Å². The molecule has 3 atom stereocenters. The summed E-state index contributed by atoms with van der Waals surface area (Å²) >= 11 is 6.88. The molecule has 4 aliphatic rings. The van der Waals surface area contributed by atoms with E-state index < -0.39 is 5.82 Å². The summed E-state index contributed by atoms with van der Waals surface area (Å²) in [6.07, 6.45) is 7.15. The number of anilines is 1. The maximum Gasteiger partial charge on any atom is 0.319 e. The third-order valence-corrected chi connectivity index (χ3v) is 9.87. The summed E-state index contributed by atoms with van der Waals surface area (Å²) in [5.41, 5.74) is 0.937. The highest BCUT2D eigenvalue weighted by molar-refractivity contribution is 6.35. The van der Waals surface area contributed by atoms with Gasteiger partial charge in [-0.1, -0.05) is 35.9 Å². The summed E-state index contributed by atoms with van der Waals surface area (Å²) in [5, 5.41) is 16.6. The van der Waals surface area contributed by atoms with E-state index in [-0.39, 0.29) is 27.9 Å². The van der Waals surface area contributed by atoms with Crippen LogP contribution >= 0.6 is 11.6 Å². The first kappa shape index (κ1) is 26.4. The van der Waals surface area contributed by atoms with Crippen molar-refractivity contribution in [2.24, 2.45) is 5.92 Å². The summed E-state index contributed by atoms with van der Waals surface area (Å²) in [4.78, 5) is 14.4. The molecule has 2 bridgehead atoms. The van der Waals surface area contributed by atoms with Crippen molar-refractivity contribution in [1.82, 2.24) is 20.2 Å². The number of halogens is 2. The van der Waals surface area contributed by atoms with Gasteiger partial charge in [-0.15, -0.1) is 0 Å². The fourth-order valence-corrected chi connectivity index (χ4v) is 7.60. The summed E-state index contributed by atoms with van der Waals surface area (Å²) in [7, 11) is 0. The van der Waals surface area contributed by atoms with Crippen molar-refractivity contribution >= 4 is 39.1 Å². The van der Waals surface area contributed by atoms with E-state index in [1.165, 1.54) is 19.3 Å². The molecule has 8 rings (SSSR count). The Morgan fingerprint density at radius 2 is 1.81 bits per heavy atom. The van der Waals surface area contributed by atoms with Crippen molar-refractivity contribution in [3.05, 3.63) is 53.3 Å². The zero-order valence-electron chi connectivity index (χ0n) is 23.5. The molecule has 4 aromatic rings. The van der Waals surface area contributed by atoms with Gasteiger partial charge in [0.1, 0.15) is 23.7 Å². The SMILES string of the molecule is Oc1cc(-c2c(Cl)cc3c(N4CC5CCC(C4)N5)nc(OC[C@@H]4CCCN4CC4CC4)nc3c2F)c2ccccc2c1. The van der Waals surface area contributed by atoms with Gasteiger partial charge in [0, 0.05) is 48.7 Å².